The number of anilines is 1. The third kappa shape index (κ3) is 1.78. The van der Waals surface area contributed by atoms with Crippen molar-refractivity contribution in [3.8, 4) is 0 Å². The molecule has 1 aromatic carbocycles. The summed E-state index contributed by atoms with van der Waals surface area (Å²) >= 11 is 1.78. The first kappa shape index (κ1) is 11.3. The van der Waals surface area contributed by atoms with E-state index in [2.05, 4.69) is 40.4 Å². The molecule has 92 valence electrons. The number of nitrogens with two attached hydrogens (primary N) is 1. The normalized spacial score (nSPS) is 19.1. The summed E-state index contributed by atoms with van der Waals surface area (Å²) in [5, 5.41) is 2.13. The van der Waals surface area contributed by atoms with Crippen LogP contribution in [0.5, 0.6) is 0 Å². The van der Waals surface area contributed by atoms with E-state index in [0.717, 1.165) is 12.2 Å². The van der Waals surface area contributed by atoms with Crippen molar-refractivity contribution in [1.29, 1.82) is 0 Å². The zero-order valence-electron chi connectivity index (χ0n) is 10.2. The van der Waals surface area contributed by atoms with E-state index < -0.39 is 0 Å². The van der Waals surface area contributed by atoms with Gasteiger partial charge in [-0.25, -0.2) is 0 Å². The zero-order valence-corrected chi connectivity index (χ0v) is 11.0. The van der Waals surface area contributed by atoms with E-state index in [9.17, 15) is 0 Å². The Hall–Kier alpha value is -1.81. The Labute approximate surface area is 111 Å². The molecule has 0 saturated heterocycles. The number of aliphatic imine (C=N–C) groups is 1. The molecule has 1 aliphatic heterocycles. The Morgan fingerprint density at radius 1 is 1.28 bits per heavy atom. The van der Waals surface area contributed by atoms with Gasteiger partial charge in [0.15, 0.2) is 5.96 Å². The van der Waals surface area contributed by atoms with Crippen LogP contribution in [0.15, 0.2) is 46.8 Å². The second-order valence-corrected chi connectivity index (χ2v) is 5.34. The third-order valence-corrected chi connectivity index (χ3v) is 4.34. The fraction of sp³-hybridized carbons (Fsp3) is 0.214. The quantitative estimate of drug-likeness (QED) is 0.898. The van der Waals surface area contributed by atoms with Crippen molar-refractivity contribution in [3.63, 3.8) is 0 Å². The molecule has 2 aromatic rings. The van der Waals surface area contributed by atoms with Gasteiger partial charge in [-0.3, -0.25) is 4.99 Å². The molecule has 0 bridgehead atoms. The summed E-state index contributed by atoms with van der Waals surface area (Å²) in [4.78, 5) is 7.87. The molecule has 1 aliphatic rings. The maximum atomic E-state index is 6.04. The minimum Gasteiger partial charge on any atom is -0.369 e. The molecular formula is C14H15N3S. The Morgan fingerprint density at radius 2 is 2.06 bits per heavy atom. The van der Waals surface area contributed by atoms with Gasteiger partial charge in [0.25, 0.3) is 0 Å². The average Bonchev–Trinajstić information content (AvgIpc) is 2.96. The van der Waals surface area contributed by atoms with Gasteiger partial charge in [0.05, 0.1) is 12.6 Å². The van der Waals surface area contributed by atoms with Crippen LogP contribution < -0.4 is 10.6 Å². The number of aryl methyl sites for hydroxylation is 1. The van der Waals surface area contributed by atoms with Crippen molar-refractivity contribution in [3.05, 3.63) is 52.2 Å². The fourth-order valence-electron chi connectivity index (χ4n) is 2.32. The third-order valence-electron chi connectivity index (χ3n) is 3.22. The lowest BCUT2D eigenvalue weighted by molar-refractivity contribution is 0.779. The van der Waals surface area contributed by atoms with Gasteiger partial charge in [0, 0.05) is 10.6 Å². The van der Waals surface area contributed by atoms with Crippen molar-refractivity contribution in [2.45, 2.75) is 13.0 Å². The Morgan fingerprint density at radius 3 is 2.72 bits per heavy atom. The van der Waals surface area contributed by atoms with Gasteiger partial charge in [-0.05, 0) is 36.1 Å². The van der Waals surface area contributed by atoms with Crippen LogP contribution in [-0.4, -0.2) is 12.5 Å². The summed E-state index contributed by atoms with van der Waals surface area (Å²) < 4.78 is 0. The summed E-state index contributed by atoms with van der Waals surface area (Å²) in [6, 6.07) is 12.6. The number of rotatable bonds is 2. The Bertz CT molecular complexity index is 574. The SMILES string of the molecule is Cc1ccsc1C1CN=C(N)N1c1ccccc1. The predicted molar refractivity (Wildman–Crippen MR) is 77.2 cm³/mol. The molecule has 1 atom stereocenters. The van der Waals surface area contributed by atoms with Gasteiger partial charge in [-0.1, -0.05) is 18.2 Å². The molecule has 0 fully saturated rings. The highest BCUT2D eigenvalue weighted by Crippen LogP contribution is 2.35. The summed E-state index contributed by atoms with van der Waals surface area (Å²) in [5.41, 5.74) is 8.46. The average molecular weight is 257 g/mol. The Kier molecular flexibility index (Phi) is 2.80. The molecule has 0 aliphatic carbocycles. The smallest absolute Gasteiger partial charge is 0.196 e. The van der Waals surface area contributed by atoms with Crippen LogP contribution in [0.4, 0.5) is 5.69 Å². The highest BCUT2D eigenvalue weighted by Gasteiger charge is 2.30. The topological polar surface area (TPSA) is 41.6 Å². The number of thiophene rings is 1. The number of nitrogens with zero attached hydrogens (tertiary/aromatic N) is 2. The van der Waals surface area contributed by atoms with Gasteiger partial charge < -0.3 is 10.6 Å². The van der Waals surface area contributed by atoms with Crippen LogP contribution in [0.2, 0.25) is 0 Å². The largest absolute Gasteiger partial charge is 0.369 e. The maximum absolute atomic E-state index is 6.04. The zero-order chi connectivity index (χ0) is 12.5. The van der Waals surface area contributed by atoms with Crippen LogP contribution in [0.25, 0.3) is 0 Å². The van der Waals surface area contributed by atoms with E-state index in [1.165, 1.54) is 10.4 Å². The number of hydrogen-bond donors (Lipinski definition) is 1. The van der Waals surface area contributed by atoms with Gasteiger partial charge in [-0.2, -0.15) is 0 Å². The molecule has 4 heteroatoms. The summed E-state index contributed by atoms with van der Waals surface area (Å²) in [7, 11) is 0. The van der Waals surface area contributed by atoms with Crippen LogP contribution in [-0.2, 0) is 0 Å². The lowest BCUT2D eigenvalue weighted by Crippen LogP contribution is -2.35. The number of benzene rings is 1. The van der Waals surface area contributed by atoms with Crippen molar-refractivity contribution >= 4 is 23.0 Å². The van der Waals surface area contributed by atoms with Gasteiger partial charge in [0.2, 0.25) is 0 Å². The van der Waals surface area contributed by atoms with Crippen LogP contribution in [0, 0.1) is 6.92 Å². The van der Waals surface area contributed by atoms with Crippen molar-refractivity contribution < 1.29 is 0 Å². The van der Waals surface area contributed by atoms with Crippen molar-refractivity contribution in [2.24, 2.45) is 10.7 Å². The minimum absolute atomic E-state index is 0.243. The van der Waals surface area contributed by atoms with Gasteiger partial charge in [-0.15, -0.1) is 11.3 Å². The second-order valence-electron chi connectivity index (χ2n) is 4.39. The van der Waals surface area contributed by atoms with E-state index in [4.69, 9.17) is 5.73 Å². The van der Waals surface area contributed by atoms with Gasteiger partial charge >= 0.3 is 0 Å². The van der Waals surface area contributed by atoms with Crippen LogP contribution in [0.3, 0.4) is 0 Å². The molecule has 0 radical (unpaired) electrons. The lowest BCUT2D eigenvalue weighted by atomic mass is 10.1. The van der Waals surface area contributed by atoms with E-state index in [-0.39, 0.29) is 6.04 Å². The molecule has 1 aromatic heterocycles. The molecule has 0 saturated carbocycles. The molecule has 1 unspecified atom stereocenters. The van der Waals surface area contributed by atoms with Crippen LogP contribution >= 0.6 is 11.3 Å². The molecular weight excluding hydrogens is 242 g/mol. The molecule has 0 amide bonds. The lowest BCUT2D eigenvalue weighted by Gasteiger charge is -2.26. The van der Waals surface area contributed by atoms with Crippen LogP contribution in [0.1, 0.15) is 16.5 Å². The fourth-order valence-corrected chi connectivity index (χ4v) is 3.33. The number of hydrogen-bond acceptors (Lipinski definition) is 4. The number of guanidine groups is 1. The maximum Gasteiger partial charge on any atom is 0.196 e. The molecule has 0 spiro atoms. The second kappa shape index (κ2) is 4.46. The summed E-state index contributed by atoms with van der Waals surface area (Å²) in [6.45, 7) is 2.88. The van der Waals surface area contributed by atoms with Gasteiger partial charge in [0.1, 0.15) is 0 Å². The first-order valence-corrected chi connectivity index (χ1v) is 6.83. The summed E-state index contributed by atoms with van der Waals surface area (Å²) in [5.74, 6) is 0.610. The molecule has 18 heavy (non-hydrogen) atoms. The first-order valence-electron chi connectivity index (χ1n) is 5.95. The van der Waals surface area contributed by atoms with E-state index in [1.54, 1.807) is 11.3 Å². The molecule has 3 nitrogen and oxygen atoms in total. The van der Waals surface area contributed by atoms with E-state index >= 15 is 0 Å². The molecule has 2 heterocycles. The molecule has 2 N–H and O–H groups in total. The highest BCUT2D eigenvalue weighted by atomic mass is 32.1. The van der Waals surface area contributed by atoms with E-state index in [0.29, 0.717) is 5.96 Å². The van der Waals surface area contributed by atoms with E-state index in [1.807, 2.05) is 18.2 Å². The monoisotopic (exact) mass is 257 g/mol. The first-order chi connectivity index (χ1) is 8.77. The minimum atomic E-state index is 0.243. The number of para-hydroxylation sites is 1. The van der Waals surface area contributed by atoms with Crippen molar-refractivity contribution in [2.75, 3.05) is 11.4 Å². The summed E-state index contributed by atoms with van der Waals surface area (Å²) in [6.07, 6.45) is 0. The standard InChI is InChI=1S/C14H15N3S/c1-10-7-8-18-13(10)12-9-16-14(15)17(12)11-5-3-2-4-6-11/h2-8,12H,9H2,1H3,(H2,15,16). The van der Waals surface area contributed by atoms with Crippen molar-refractivity contribution in [1.82, 2.24) is 0 Å². The molecule has 3 rings (SSSR count). The Balaban J connectivity index is 2.00. The predicted octanol–water partition coefficient (Wildman–Crippen LogP) is 2.93. The highest BCUT2D eigenvalue weighted by molar-refractivity contribution is 7.10.